The third-order valence-electron chi connectivity index (χ3n) is 3.83. The second-order valence-corrected chi connectivity index (χ2v) is 5.10. The first-order chi connectivity index (χ1) is 10.7. The third-order valence-corrected chi connectivity index (χ3v) is 3.83. The minimum Gasteiger partial charge on any atom is -0.493 e. The zero-order valence-electron chi connectivity index (χ0n) is 12.9. The van der Waals surface area contributed by atoms with E-state index in [9.17, 15) is 0 Å². The summed E-state index contributed by atoms with van der Waals surface area (Å²) in [5.74, 6) is 1.48. The number of ether oxygens (including phenoxy) is 2. The van der Waals surface area contributed by atoms with Crippen LogP contribution < -0.4 is 15.2 Å². The van der Waals surface area contributed by atoms with Gasteiger partial charge in [-0.2, -0.15) is 0 Å². The van der Waals surface area contributed by atoms with E-state index in [1.165, 1.54) is 0 Å². The summed E-state index contributed by atoms with van der Waals surface area (Å²) < 4.78 is 13.5. The fraction of sp³-hybridized carbons (Fsp3) is 0.222. The van der Waals surface area contributed by atoms with Gasteiger partial charge in [-0.05, 0) is 37.3 Å². The molecule has 3 rings (SSSR count). The van der Waals surface area contributed by atoms with Gasteiger partial charge in [-0.15, -0.1) is 0 Å². The maximum Gasteiger partial charge on any atom is 0.161 e. The first-order valence-electron chi connectivity index (χ1n) is 7.37. The molecule has 114 valence electrons. The molecule has 0 amide bonds. The number of fused-ring (bicyclic) bond motifs is 1. The molecule has 0 unspecified atom stereocenters. The lowest BCUT2D eigenvalue weighted by Crippen LogP contribution is -2.05. The van der Waals surface area contributed by atoms with Crippen molar-refractivity contribution in [3.63, 3.8) is 0 Å². The van der Waals surface area contributed by atoms with Crippen molar-refractivity contribution in [3.05, 3.63) is 54.2 Å². The van der Waals surface area contributed by atoms with E-state index in [2.05, 4.69) is 23.6 Å². The van der Waals surface area contributed by atoms with Crippen molar-refractivity contribution in [1.29, 1.82) is 0 Å². The summed E-state index contributed by atoms with van der Waals surface area (Å²) in [4.78, 5) is 0. The molecule has 0 spiro atoms. The van der Waals surface area contributed by atoms with Gasteiger partial charge in [0.2, 0.25) is 0 Å². The van der Waals surface area contributed by atoms with Crippen LogP contribution >= 0.6 is 0 Å². The summed E-state index contributed by atoms with van der Waals surface area (Å²) in [6.07, 6.45) is 0. The largest absolute Gasteiger partial charge is 0.493 e. The van der Waals surface area contributed by atoms with Crippen LogP contribution in [0.1, 0.15) is 12.6 Å². The zero-order valence-corrected chi connectivity index (χ0v) is 12.9. The van der Waals surface area contributed by atoms with Crippen molar-refractivity contribution < 1.29 is 9.47 Å². The average molecular weight is 296 g/mol. The number of benzene rings is 2. The zero-order chi connectivity index (χ0) is 15.5. The Balaban J connectivity index is 1.92. The van der Waals surface area contributed by atoms with E-state index in [4.69, 9.17) is 15.2 Å². The van der Waals surface area contributed by atoms with E-state index >= 15 is 0 Å². The fourth-order valence-electron chi connectivity index (χ4n) is 2.75. The average Bonchev–Trinajstić information content (AvgIpc) is 2.92. The molecule has 0 bridgehead atoms. The number of rotatable bonds is 5. The van der Waals surface area contributed by atoms with E-state index in [0.717, 1.165) is 40.3 Å². The Morgan fingerprint density at radius 1 is 1.05 bits per heavy atom. The van der Waals surface area contributed by atoms with Gasteiger partial charge in [-0.3, -0.25) is 0 Å². The van der Waals surface area contributed by atoms with Gasteiger partial charge in [0.15, 0.2) is 11.5 Å². The summed E-state index contributed by atoms with van der Waals surface area (Å²) in [6, 6.07) is 15.8. The highest BCUT2D eigenvalue weighted by atomic mass is 16.5. The van der Waals surface area contributed by atoms with Crippen molar-refractivity contribution in [2.24, 2.45) is 0 Å². The number of anilines is 1. The Hall–Kier alpha value is -2.62. The number of aryl methyl sites for hydroxylation is 1. The SMILES string of the molecule is CCn1c(COc2ccccc2OC)cc2c(N)cccc21. The Bertz CT molecular complexity index is 793. The van der Waals surface area contributed by atoms with Crippen molar-refractivity contribution in [2.75, 3.05) is 12.8 Å². The van der Waals surface area contributed by atoms with Crippen LogP contribution in [0.4, 0.5) is 5.69 Å². The number of nitrogen functional groups attached to an aromatic ring is 1. The number of hydrogen-bond donors (Lipinski definition) is 1. The summed E-state index contributed by atoms with van der Waals surface area (Å²) in [7, 11) is 1.64. The van der Waals surface area contributed by atoms with Crippen LogP contribution in [0.5, 0.6) is 11.5 Å². The minimum atomic E-state index is 0.475. The molecule has 22 heavy (non-hydrogen) atoms. The van der Waals surface area contributed by atoms with Gasteiger partial charge in [0, 0.05) is 17.6 Å². The Labute approximate surface area is 130 Å². The van der Waals surface area contributed by atoms with Gasteiger partial charge in [0.05, 0.1) is 18.3 Å². The van der Waals surface area contributed by atoms with E-state index in [-0.39, 0.29) is 0 Å². The Kier molecular flexibility index (Phi) is 3.92. The predicted molar refractivity (Wildman–Crippen MR) is 89.4 cm³/mol. The van der Waals surface area contributed by atoms with Gasteiger partial charge < -0.3 is 19.8 Å². The Morgan fingerprint density at radius 3 is 2.55 bits per heavy atom. The van der Waals surface area contributed by atoms with Crippen molar-refractivity contribution in [1.82, 2.24) is 4.57 Å². The van der Waals surface area contributed by atoms with E-state index in [1.807, 2.05) is 36.4 Å². The van der Waals surface area contributed by atoms with E-state index in [1.54, 1.807) is 7.11 Å². The molecule has 0 fully saturated rings. The van der Waals surface area contributed by atoms with E-state index < -0.39 is 0 Å². The molecule has 0 saturated heterocycles. The van der Waals surface area contributed by atoms with Gasteiger partial charge in [-0.1, -0.05) is 18.2 Å². The molecule has 0 aliphatic heterocycles. The standard InChI is InChI=1S/C18H20N2O2/c1-3-20-13(11-14-15(19)7-6-8-16(14)20)12-22-18-10-5-4-9-17(18)21-2/h4-11H,3,12,19H2,1-2H3. The maximum absolute atomic E-state index is 6.07. The summed E-state index contributed by atoms with van der Waals surface area (Å²) in [6.45, 7) is 3.47. The topological polar surface area (TPSA) is 49.4 Å². The molecular weight excluding hydrogens is 276 g/mol. The summed E-state index contributed by atoms with van der Waals surface area (Å²) in [5.41, 5.74) is 9.10. The third kappa shape index (κ3) is 2.48. The molecule has 0 saturated carbocycles. The molecule has 4 heteroatoms. The molecule has 0 aliphatic carbocycles. The van der Waals surface area contributed by atoms with Crippen LogP contribution in [0.3, 0.4) is 0 Å². The number of nitrogens with two attached hydrogens (primary N) is 1. The lowest BCUT2D eigenvalue weighted by molar-refractivity contribution is 0.277. The van der Waals surface area contributed by atoms with Crippen LogP contribution in [0.25, 0.3) is 10.9 Å². The van der Waals surface area contributed by atoms with Crippen molar-refractivity contribution >= 4 is 16.6 Å². The van der Waals surface area contributed by atoms with Crippen molar-refractivity contribution in [2.45, 2.75) is 20.1 Å². The lowest BCUT2D eigenvalue weighted by Gasteiger charge is -2.12. The summed E-state index contributed by atoms with van der Waals surface area (Å²) in [5, 5.41) is 1.07. The van der Waals surface area contributed by atoms with Crippen LogP contribution in [0, 0.1) is 0 Å². The first kappa shape index (κ1) is 14.3. The van der Waals surface area contributed by atoms with Crippen LogP contribution in [-0.4, -0.2) is 11.7 Å². The number of nitrogens with zero attached hydrogens (tertiary/aromatic N) is 1. The highest BCUT2D eigenvalue weighted by Crippen LogP contribution is 2.29. The van der Waals surface area contributed by atoms with Gasteiger partial charge >= 0.3 is 0 Å². The highest BCUT2D eigenvalue weighted by Gasteiger charge is 2.11. The molecule has 2 aromatic carbocycles. The van der Waals surface area contributed by atoms with E-state index in [0.29, 0.717) is 6.61 Å². The molecule has 0 aliphatic rings. The molecule has 2 N–H and O–H groups in total. The first-order valence-corrected chi connectivity index (χ1v) is 7.37. The smallest absolute Gasteiger partial charge is 0.161 e. The number of para-hydroxylation sites is 2. The fourth-order valence-corrected chi connectivity index (χ4v) is 2.75. The monoisotopic (exact) mass is 296 g/mol. The Morgan fingerprint density at radius 2 is 1.82 bits per heavy atom. The highest BCUT2D eigenvalue weighted by molar-refractivity contribution is 5.92. The normalized spacial score (nSPS) is 10.8. The number of hydrogen-bond acceptors (Lipinski definition) is 3. The number of methoxy groups -OCH3 is 1. The van der Waals surface area contributed by atoms with Crippen LogP contribution in [0.15, 0.2) is 48.5 Å². The minimum absolute atomic E-state index is 0.475. The van der Waals surface area contributed by atoms with Crippen LogP contribution in [0.2, 0.25) is 0 Å². The van der Waals surface area contributed by atoms with Crippen molar-refractivity contribution in [3.8, 4) is 11.5 Å². The molecule has 4 nitrogen and oxygen atoms in total. The van der Waals surface area contributed by atoms with Gasteiger partial charge in [-0.25, -0.2) is 0 Å². The molecular formula is C18H20N2O2. The molecule has 0 radical (unpaired) electrons. The number of aromatic nitrogens is 1. The molecule has 0 atom stereocenters. The predicted octanol–water partition coefficient (Wildman–Crippen LogP) is 3.83. The van der Waals surface area contributed by atoms with Gasteiger partial charge in [0.25, 0.3) is 0 Å². The molecule has 1 aromatic heterocycles. The molecule has 3 aromatic rings. The van der Waals surface area contributed by atoms with Crippen LogP contribution in [-0.2, 0) is 13.2 Å². The maximum atomic E-state index is 6.07. The second-order valence-electron chi connectivity index (χ2n) is 5.10. The quantitative estimate of drug-likeness (QED) is 0.728. The van der Waals surface area contributed by atoms with Gasteiger partial charge in [0.1, 0.15) is 6.61 Å². The summed E-state index contributed by atoms with van der Waals surface area (Å²) >= 11 is 0. The second kappa shape index (κ2) is 6.02. The lowest BCUT2D eigenvalue weighted by atomic mass is 10.2. The molecule has 1 heterocycles.